The number of amides is 1. The fourth-order valence-corrected chi connectivity index (χ4v) is 5.06. The molecule has 4 aromatic rings. The van der Waals surface area contributed by atoms with E-state index in [0.29, 0.717) is 42.3 Å². The quantitative estimate of drug-likeness (QED) is 0.138. The number of nitrogens with zero attached hydrogens (tertiary/aromatic N) is 1. The van der Waals surface area contributed by atoms with Gasteiger partial charge in [0.1, 0.15) is 5.75 Å². The number of nitrogens with one attached hydrogen (secondary N) is 2. The third kappa shape index (κ3) is 7.10. The first kappa shape index (κ1) is 30.6. The molecule has 9 heteroatoms. The van der Waals surface area contributed by atoms with Crippen molar-refractivity contribution in [2.45, 2.75) is 59.2 Å². The van der Waals surface area contributed by atoms with Crippen molar-refractivity contribution in [3.8, 4) is 17.2 Å². The molecule has 0 bridgehead atoms. The number of aromatic nitrogens is 1. The molecule has 0 spiro atoms. The molecule has 0 saturated heterocycles. The monoisotopic (exact) mass is 572 g/mol. The maximum absolute atomic E-state index is 12.0. The average molecular weight is 573 g/mol. The molecule has 0 saturated carbocycles. The number of hydrogen-bond donors (Lipinski definition) is 5. The van der Waals surface area contributed by atoms with Gasteiger partial charge in [-0.2, -0.15) is 0 Å². The lowest BCUT2D eigenvalue weighted by Crippen LogP contribution is -2.32. The zero-order chi connectivity index (χ0) is 30.2. The molecule has 0 aliphatic rings. The highest BCUT2D eigenvalue weighted by Crippen LogP contribution is 2.38. The van der Waals surface area contributed by atoms with Crippen molar-refractivity contribution in [3.05, 3.63) is 83.0 Å². The summed E-state index contributed by atoms with van der Waals surface area (Å²) in [5.74, 6) is 0.917. The number of hydrogen-bond acceptors (Lipinski definition) is 8. The number of pyridine rings is 1. The highest BCUT2D eigenvalue weighted by Gasteiger charge is 2.19. The van der Waals surface area contributed by atoms with Gasteiger partial charge in [-0.15, -0.1) is 0 Å². The molecule has 4 rings (SSSR count). The minimum Gasteiger partial charge on any atom is -0.508 e. The lowest BCUT2D eigenvalue weighted by molar-refractivity contribution is -0.117. The smallest absolute Gasteiger partial charge is 0.221 e. The van der Waals surface area contributed by atoms with Gasteiger partial charge >= 0.3 is 0 Å². The molecule has 0 aliphatic carbocycles. The van der Waals surface area contributed by atoms with Crippen molar-refractivity contribution in [2.75, 3.05) is 18.5 Å². The molecule has 0 aliphatic heterocycles. The van der Waals surface area contributed by atoms with Gasteiger partial charge in [-0.25, -0.2) is 0 Å². The number of aliphatic hydroxyl groups is 1. The number of primary amides is 1. The summed E-state index contributed by atoms with van der Waals surface area (Å²) in [5, 5.41) is 28.2. The number of nitrogens with two attached hydrogens (primary N) is 1. The predicted molar refractivity (Wildman–Crippen MR) is 165 cm³/mol. The second-order valence-corrected chi connectivity index (χ2v) is 10.1. The highest BCUT2D eigenvalue weighted by atomic mass is 16.5. The van der Waals surface area contributed by atoms with E-state index in [4.69, 9.17) is 15.2 Å². The lowest BCUT2D eigenvalue weighted by atomic mass is 9.99. The van der Waals surface area contributed by atoms with Crippen LogP contribution in [0.25, 0.3) is 10.9 Å². The molecule has 1 amide bonds. The van der Waals surface area contributed by atoms with Gasteiger partial charge in [0.25, 0.3) is 0 Å². The molecule has 222 valence electrons. The molecule has 6 N–H and O–H groups in total. The van der Waals surface area contributed by atoms with E-state index in [0.717, 1.165) is 39.9 Å². The average Bonchev–Trinajstić information content (AvgIpc) is 2.97. The van der Waals surface area contributed by atoms with Crippen LogP contribution in [0.3, 0.4) is 0 Å². The van der Waals surface area contributed by atoms with Crippen LogP contribution in [0, 0.1) is 0 Å². The third-order valence-electron chi connectivity index (χ3n) is 7.19. The number of phenolic OH excluding ortho intramolecular Hbond substituents is 1. The summed E-state index contributed by atoms with van der Waals surface area (Å²) in [6.45, 7) is 9.34. The summed E-state index contributed by atoms with van der Waals surface area (Å²) < 4.78 is 11.7. The zero-order valence-corrected chi connectivity index (χ0v) is 24.6. The number of rotatable bonds is 14. The number of aliphatic hydroxyl groups excluding tert-OH is 1. The Morgan fingerprint density at radius 1 is 1.00 bits per heavy atom. The minimum atomic E-state index is -0.738. The van der Waals surface area contributed by atoms with Crippen molar-refractivity contribution in [3.63, 3.8) is 0 Å². The van der Waals surface area contributed by atoms with Crippen LogP contribution in [-0.4, -0.2) is 40.4 Å². The molecule has 1 heterocycles. The van der Waals surface area contributed by atoms with Crippen LogP contribution < -0.4 is 25.8 Å². The first-order chi connectivity index (χ1) is 20.2. The summed E-state index contributed by atoms with van der Waals surface area (Å²) in [4.78, 5) is 16.6. The molecule has 0 unspecified atom stereocenters. The Bertz CT molecular complexity index is 1520. The number of phenols is 1. The van der Waals surface area contributed by atoms with E-state index in [1.165, 1.54) is 0 Å². The second kappa shape index (κ2) is 14.0. The molecular formula is C33H40N4O5. The molecule has 2 atom stereocenters. The summed E-state index contributed by atoms with van der Waals surface area (Å²) >= 11 is 0. The fraction of sp³-hybridized carbons (Fsp3) is 0.333. The first-order valence-electron chi connectivity index (χ1n) is 14.3. The second-order valence-electron chi connectivity index (χ2n) is 10.1. The topological polar surface area (TPSA) is 139 Å². The number of aromatic hydroxyl groups is 1. The normalized spacial score (nSPS) is 12.6. The van der Waals surface area contributed by atoms with Crippen molar-refractivity contribution in [1.82, 2.24) is 10.3 Å². The number of fused-ring (bicyclic) bond motifs is 1. The Hall–Kier alpha value is -4.34. The van der Waals surface area contributed by atoms with Crippen molar-refractivity contribution >= 4 is 28.2 Å². The Labute approximate surface area is 246 Å². The standard InChI is InChI=1S/C33H40N4O5/c1-5-25-22(18-35-20(4)33(40)21-11-13-24(38)14-12-21)9-8-10-27(25)37-32-23(15-31(34)39)19-36-28-17-30(42-7-3)29(41-6-2)16-26(28)32/h8-14,16-17,19-20,33,35,38,40H,5-7,15,18H2,1-4H3,(H2,34,39)(H,36,37)/t20-,33-/m1/s1. The Morgan fingerprint density at radius 3 is 2.33 bits per heavy atom. The number of ether oxygens (including phenoxy) is 2. The number of benzene rings is 3. The SMILES string of the molecule is CCOc1cc2ncc(CC(N)=O)c(Nc3cccc(CN[C@H](C)[C@@H](O)c4ccc(O)cc4)c3CC)c2cc1OCC. The largest absolute Gasteiger partial charge is 0.508 e. The van der Waals surface area contributed by atoms with Crippen LogP contribution in [0.5, 0.6) is 17.2 Å². The molecule has 42 heavy (non-hydrogen) atoms. The van der Waals surface area contributed by atoms with Crippen molar-refractivity contribution in [1.29, 1.82) is 0 Å². The molecule has 9 nitrogen and oxygen atoms in total. The van der Waals surface area contributed by atoms with Crippen molar-refractivity contribution in [2.24, 2.45) is 5.73 Å². The van der Waals surface area contributed by atoms with Crippen LogP contribution >= 0.6 is 0 Å². The van der Waals surface area contributed by atoms with Gasteiger partial charge < -0.3 is 36.1 Å². The molecule has 0 radical (unpaired) electrons. The van der Waals surface area contributed by atoms with Gasteiger partial charge in [-0.05, 0) is 68.1 Å². The van der Waals surface area contributed by atoms with Crippen LogP contribution in [0.15, 0.2) is 60.8 Å². The summed E-state index contributed by atoms with van der Waals surface area (Å²) in [6, 6.07) is 16.1. The van der Waals surface area contributed by atoms with Gasteiger partial charge in [0.15, 0.2) is 11.5 Å². The van der Waals surface area contributed by atoms with E-state index >= 15 is 0 Å². The Morgan fingerprint density at radius 2 is 1.69 bits per heavy atom. The maximum Gasteiger partial charge on any atom is 0.221 e. The predicted octanol–water partition coefficient (Wildman–Crippen LogP) is 5.28. The summed E-state index contributed by atoms with van der Waals surface area (Å²) in [5.41, 5.74) is 11.5. The van der Waals surface area contributed by atoms with Crippen molar-refractivity contribution < 1.29 is 24.5 Å². The van der Waals surface area contributed by atoms with E-state index in [1.54, 1.807) is 30.5 Å². The first-order valence-corrected chi connectivity index (χ1v) is 14.3. The van der Waals surface area contributed by atoms with Crippen LogP contribution in [0.2, 0.25) is 0 Å². The number of anilines is 2. The van der Waals surface area contributed by atoms with Gasteiger partial charge in [0.05, 0.1) is 36.9 Å². The summed E-state index contributed by atoms with van der Waals surface area (Å²) in [7, 11) is 0. The molecule has 3 aromatic carbocycles. The van der Waals surface area contributed by atoms with E-state index in [1.807, 2.05) is 45.0 Å². The zero-order valence-electron chi connectivity index (χ0n) is 24.6. The third-order valence-corrected chi connectivity index (χ3v) is 7.19. The van der Waals surface area contributed by atoms with E-state index in [2.05, 4.69) is 28.6 Å². The minimum absolute atomic E-state index is 0.0256. The highest BCUT2D eigenvalue weighted by molar-refractivity contribution is 5.98. The maximum atomic E-state index is 12.0. The Kier molecular flexibility index (Phi) is 10.2. The molecular weight excluding hydrogens is 532 g/mol. The lowest BCUT2D eigenvalue weighted by Gasteiger charge is -2.23. The molecule has 1 aromatic heterocycles. The summed E-state index contributed by atoms with van der Waals surface area (Å²) in [6.07, 6.45) is 1.71. The van der Waals surface area contributed by atoms with E-state index < -0.39 is 12.0 Å². The van der Waals surface area contributed by atoms with E-state index in [-0.39, 0.29) is 18.2 Å². The van der Waals surface area contributed by atoms with Crippen LogP contribution in [0.4, 0.5) is 11.4 Å². The van der Waals surface area contributed by atoms with Gasteiger partial charge in [-0.3, -0.25) is 9.78 Å². The van der Waals surface area contributed by atoms with Gasteiger partial charge in [0.2, 0.25) is 5.91 Å². The van der Waals surface area contributed by atoms with Gasteiger partial charge in [0, 0.05) is 41.5 Å². The number of carbonyl (C=O) groups is 1. The fourth-order valence-electron chi connectivity index (χ4n) is 5.06. The van der Waals surface area contributed by atoms with Crippen LogP contribution in [-0.2, 0) is 24.2 Å². The number of carbonyl (C=O) groups excluding carboxylic acids is 1. The van der Waals surface area contributed by atoms with Gasteiger partial charge in [-0.1, -0.05) is 31.2 Å². The molecule has 0 fully saturated rings. The van der Waals surface area contributed by atoms with E-state index in [9.17, 15) is 15.0 Å². The van der Waals surface area contributed by atoms with Crippen LogP contribution in [0.1, 0.15) is 56.1 Å². The Balaban J connectivity index is 1.68.